The maximum absolute atomic E-state index is 4.08. The Morgan fingerprint density at radius 3 is 1.00 bits per heavy atom. The van der Waals surface area contributed by atoms with E-state index in [0.29, 0.717) is 0 Å². The molecule has 0 aromatic rings. The van der Waals surface area contributed by atoms with Crippen LogP contribution in [-0.4, -0.2) is 5.87 Å². The van der Waals surface area contributed by atoms with E-state index in [9.17, 15) is 0 Å². The molecule has 0 unspecified atom stereocenters. The summed E-state index contributed by atoms with van der Waals surface area (Å²) in [4.78, 5) is 0. The Bertz CT molecular complexity index is 6.00. The van der Waals surface area contributed by atoms with Crippen LogP contribution in [0.3, 0.4) is 0 Å². The molecule has 0 rings (SSSR count). The fourth-order valence-electron chi connectivity index (χ4n) is 0. The van der Waals surface area contributed by atoms with E-state index >= 15 is 0 Å². The zero-order valence-electron chi connectivity index (χ0n) is 1.99. The van der Waals surface area contributed by atoms with Crippen molar-refractivity contribution in [3.05, 3.63) is 0 Å². The molecule has 4 heavy (non-hydrogen) atoms. The minimum atomic E-state index is 0. The second kappa shape index (κ2) is 19.0. The standard InChI is InChI=1S/CHS.2U/c1-2;;/h1H;;/q-1;;. The molecule has 0 spiro atoms. The third kappa shape index (κ3) is 8.89. The van der Waals surface area contributed by atoms with E-state index in [1.165, 1.54) is 0 Å². The van der Waals surface area contributed by atoms with Crippen molar-refractivity contribution < 1.29 is 62.2 Å². The molecule has 0 fully saturated rings. The molecule has 0 saturated heterocycles. The van der Waals surface area contributed by atoms with E-state index in [1.54, 1.807) is 0 Å². The maximum atomic E-state index is 4.08. The van der Waals surface area contributed by atoms with Gasteiger partial charge in [-0.05, 0) is 0 Å². The summed E-state index contributed by atoms with van der Waals surface area (Å²) in [5.74, 6) is 4.08. The van der Waals surface area contributed by atoms with Crippen LogP contribution in [0.4, 0.5) is 0 Å². The van der Waals surface area contributed by atoms with Crippen LogP contribution >= 0.6 is 12.2 Å². The average Bonchev–Trinajstić information content (AvgIpc) is 1.00. The van der Waals surface area contributed by atoms with Gasteiger partial charge in [-0.25, -0.2) is 0 Å². The molecule has 0 aromatic heterocycles. The van der Waals surface area contributed by atoms with Gasteiger partial charge in [0.05, 0.1) is 0 Å². The van der Waals surface area contributed by atoms with Crippen LogP contribution in [0.2, 0.25) is 0 Å². The molecule has 0 amide bonds. The van der Waals surface area contributed by atoms with E-state index in [-0.39, 0.29) is 62.2 Å². The Morgan fingerprint density at radius 1 is 1.00 bits per heavy atom. The van der Waals surface area contributed by atoms with Gasteiger partial charge in [0.25, 0.3) is 0 Å². The quantitative estimate of drug-likeness (QED) is 0.331. The fraction of sp³-hybridized carbons (Fsp3) is 0. The summed E-state index contributed by atoms with van der Waals surface area (Å²) in [5.41, 5.74) is 0. The van der Waals surface area contributed by atoms with Crippen LogP contribution in [0, 0.1) is 62.2 Å². The van der Waals surface area contributed by atoms with Crippen molar-refractivity contribution >= 4 is 18.1 Å². The molecule has 0 aromatic carbocycles. The summed E-state index contributed by atoms with van der Waals surface area (Å²) in [6.07, 6.45) is 0. The normalized spacial score (nSPS) is 1.00. The molecule has 3 heteroatoms. The van der Waals surface area contributed by atoms with Gasteiger partial charge in [-0.15, -0.1) is 0 Å². The van der Waals surface area contributed by atoms with Crippen molar-refractivity contribution in [2.75, 3.05) is 0 Å². The van der Waals surface area contributed by atoms with Gasteiger partial charge in [-0.2, -0.15) is 0 Å². The molecule has 0 heterocycles. The monoisotopic (exact) mass is 521 g/mol. The fourth-order valence-corrected chi connectivity index (χ4v) is 0. The molecule has 0 atom stereocenters. The van der Waals surface area contributed by atoms with Crippen LogP contribution < -0.4 is 0 Å². The maximum Gasteiger partial charge on any atom is 0 e. The molecule has 0 saturated carbocycles. The molecule has 0 aliphatic carbocycles. The number of hydrogen-bond donors (Lipinski definition) is 0. The van der Waals surface area contributed by atoms with Gasteiger partial charge >= 0.3 is 0 Å². The van der Waals surface area contributed by atoms with Crippen LogP contribution in [0.1, 0.15) is 0 Å². The van der Waals surface area contributed by atoms with Crippen molar-refractivity contribution in [2.45, 2.75) is 0 Å². The van der Waals surface area contributed by atoms with Gasteiger partial charge in [0.2, 0.25) is 0 Å². The average molecular weight is 521 g/mol. The van der Waals surface area contributed by atoms with E-state index in [1.807, 2.05) is 0 Å². The van der Waals surface area contributed by atoms with Crippen molar-refractivity contribution in [3.8, 4) is 0 Å². The molecule has 0 aliphatic rings. The topological polar surface area (TPSA) is 0 Å². The van der Waals surface area contributed by atoms with E-state index < -0.39 is 0 Å². The van der Waals surface area contributed by atoms with Gasteiger partial charge in [0.15, 0.2) is 0 Å². The summed E-state index contributed by atoms with van der Waals surface area (Å²) in [7, 11) is 0. The van der Waals surface area contributed by atoms with Crippen LogP contribution in [0.25, 0.3) is 0 Å². The SMILES string of the molecule is [CH-]=S.[U].[U]. The third-order valence-corrected chi connectivity index (χ3v) is 0. The number of hydrogen-bond acceptors (Lipinski definition) is 1. The molecule has 0 nitrogen and oxygen atoms in total. The third-order valence-electron chi connectivity index (χ3n) is 0. The molecule has 0 bridgehead atoms. The zero-order chi connectivity index (χ0) is 2.00. The Morgan fingerprint density at radius 2 is 1.00 bits per heavy atom. The Balaban J connectivity index is -0.00000000500. The predicted octanol–water partition coefficient (Wildman–Crippen LogP) is 0.493. The van der Waals surface area contributed by atoms with Crippen LogP contribution in [0.15, 0.2) is 0 Å². The molecule has 0 aliphatic heterocycles. The summed E-state index contributed by atoms with van der Waals surface area (Å²) >= 11 is 3.58. The van der Waals surface area contributed by atoms with Crippen molar-refractivity contribution in [1.29, 1.82) is 0 Å². The first-order valence-corrected chi connectivity index (χ1v) is 0.707. The number of rotatable bonds is 0. The Kier molecular flexibility index (Phi) is 77.7. The zero-order valence-corrected chi connectivity index (χ0v) is 11.1. The summed E-state index contributed by atoms with van der Waals surface area (Å²) in [6, 6.07) is 0. The largest absolute Gasteiger partial charge is 0.442 e. The number of thiocarbonyl (C=S) groups is 1. The second-order valence-electron chi connectivity index (χ2n) is 0. The van der Waals surface area contributed by atoms with E-state index in [0.717, 1.165) is 0 Å². The molecular formula is CHSU2-. The predicted molar refractivity (Wildman–Crippen MR) is 13.7 cm³/mol. The van der Waals surface area contributed by atoms with Crippen molar-refractivity contribution in [3.63, 3.8) is 0 Å². The van der Waals surface area contributed by atoms with Gasteiger partial charge in [-0.1, -0.05) is 0 Å². The Labute approximate surface area is 78.9 Å². The molecule has 0 N–H and O–H groups in total. The second-order valence-corrected chi connectivity index (χ2v) is 0. The van der Waals surface area contributed by atoms with Gasteiger partial charge < -0.3 is 18.1 Å². The molecule has 0 radical (unpaired) electrons. The van der Waals surface area contributed by atoms with Crippen molar-refractivity contribution in [1.82, 2.24) is 0 Å². The summed E-state index contributed by atoms with van der Waals surface area (Å²) in [6.45, 7) is 0. The first-order valence-electron chi connectivity index (χ1n) is 0.236. The first kappa shape index (κ1) is 16.4. The summed E-state index contributed by atoms with van der Waals surface area (Å²) < 4.78 is 0. The molecule has 20 valence electrons. The smallest absolute Gasteiger partial charge is 0 e. The molecular weight excluding hydrogens is 520 g/mol. The van der Waals surface area contributed by atoms with Crippen molar-refractivity contribution in [2.24, 2.45) is 0 Å². The van der Waals surface area contributed by atoms with E-state index in [4.69, 9.17) is 0 Å². The minimum Gasteiger partial charge on any atom is -0.442 e. The first-order chi connectivity index (χ1) is 1.00. The van der Waals surface area contributed by atoms with E-state index in [2.05, 4.69) is 18.1 Å². The van der Waals surface area contributed by atoms with Crippen LogP contribution in [0.5, 0.6) is 0 Å². The Hall–Kier alpha value is 2.19. The van der Waals surface area contributed by atoms with Crippen LogP contribution in [-0.2, 0) is 0 Å². The minimum absolute atomic E-state index is 0. The van der Waals surface area contributed by atoms with Gasteiger partial charge in [0.1, 0.15) is 0 Å². The van der Waals surface area contributed by atoms with Gasteiger partial charge in [-0.3, -0.25) is 0 Å². The van der Waals surface area contributed by atoms with Gasteiger partial charge in [0, 0.05) is 62.2 Å². The summed E-state index contributed by atoms with van der Waals surface area (Å²) in [5, 5.41) is 0.